The highest BCUT2D eigenvalue weighted by molar-refractivity contribution is 5.81. The summed E-state index contributed by atoms with van der Waals surface area (Å²) in [4.78, 5) is 12.9. The normalized spacial score (nSPS) is 15.6. The molecule has 21 heavy (non-hydrogen) atoms. The van der Waals surface area contributed by atoms with Crippen molar-refractivity contribution in [2.24, 2.45) is 0 Å². The van der Waals surface area contributed by atoms with E-state index in [1.54, 1.807) is 0 Å². The third-order valence-corrected chi connectivity index (χ3v) is 3.65. The maximum atomic E-state index is 12.0. The third-order valence-electron chi connectivity index (χ3n) is 3.65. The Labute approximate surface area is 122 Å². The molecule has 1 amide bonds. The lowest BCUT2D eigenvalue weighted by Crippen LogP contribution is -2.37. The van der Waals surface area contributed by atoms with E-state index < -0.39 is 12.1 Å². The lowest BCUT2D eigenvalue weighted by Gasteiger charge is -2.28. The second-order valence-corrected chi connectivity index (χ2v) is 5.26. The predicted molar refractivity (Wildman–Crippen MR) is 73.7 cm³/mol. The number of carbonyl (C=O) groups is 1. The van der Waals surface area contributed by atoms with Crippen molar-refractivity contribution in [3.8, 4) is 0 Å². The highest BCUT2D eigenvalue weighted by Crippen LogP contribution is 2.18. The van der Waals surface area contributed by atoms with Crippen LogP contribution in [0.1, 0.15) is 24.0 Å². The topological polar surface area (TPSA) is 32.3 Å². The molecule has 1 N–H and O–H groups in total. The number of alkyl halides is 3. The van der Waals surface area contributed by atoms with E-state index in [0.29, 0.717) is 6.42 Å². The van der Waals surface area contributed by atoms with Gasteiger partial charge in [0.25, 0.3) is 0 Å². The summed E-state index contributed by atoms with van der Waals surface area (Å²) in [6.07, 6.45) is -2.43. The van der Waals surface area contributed by atoms with Crippen LogP contribution in [0.4, 0.5) is 13.2 Å². The van der Waals surface area contributed by atoms with Gasteiger partial charge in [-0.1, -0.05) is 24.3 Å². The van der Waals surface area contributed by atoms with Crippen LogP contribution in [0.25, 0.3) is 0 Å². The Morgan fingerprint density at radius 2 is 1.90 bits per heavy atom. The van der Waals surface area contributed by atoms with Crippen molar-refractivity contribution in [1.82, 2.24) is 10.2 Å². The molecule has 1 aromatic rings. The first-order chi connectivity index (χ1) is 9.97. The van der Waals surface area contributed by atoms with E-state index in [-0.39, 0.29) is 6.54 Å². The molecule has 2 rings (SSSR count). The highest BCUT2D eigenvalue weighted by Gasteiger charge is 2.38. The Hall–Kier alpha value is -1.56. The summed E-state index contributed by atoms with van der Waals surface area (Å²) in [5.74, 6) is -1.85. The summed E-state index contributed by atoms with van der Waals surface area (Å²) in [6.45, 7) is 2.79. The van der Waals surface area contributed by atoms with E-state index >= 15 is 0 Å². The van der Waals surface area contributed by atoms with Crippen LogP contribution in [0.2, 0.25) is 0 Å². The standard InChI is InChI=1S/C15H19F3N2O/c16-15(17,18)14(21)19-8-3-4-9-20-10-7-12-5-1-2-6-13(12)11-20/h1-2,5-6H,3-4,7-11H2,(H,19,21). The summed E-state index contributed by atoms with van der Waals surface area (Å²) in [5, 5.41) is 1.89. The number of hydrogen-bond donors (Lipinski definition) is 1. The van der Waals surface area contributed by atoms with E-state index in [9.17, 15) is 18.0 Å². The molecule has 0 fully saturated rings. The summed E-state index contributed by atoms with van der Waals surface area (Å²) in [6, 6.07) is 8.32. The molecular formula is C15H19F3N2O. The smallest absolute Gasteiger partial charge is 0.348 e. The van der Waals surface area contributed by atoms with Gasteiger partial charge in [0.15, 0.2) is 0 Å². The van der Waals surface area contributed by atoms with E-state index in [0.717, 1.165) is 32.5 Å². The van der Waals surface area contributed by atoms with Crippen molar-refractivity contribution in [2.45, 2.75) is 32.0 Å². The van der Waals surface area contributed by atoms with Gasteiger partial charge in [-0.15, -0.1) is 0 Å². The van der Waals surface area contributed by atoms with Crippen LogP contribution >= 0.6 is 0 Å². The second-order valence-electron chi connectivity index (χ2n) is 5.26. The first-order valence-electron chi connectivity index (χ1n) is 7.11. The van der Waals surface area contributed by atoms with Crippen LogP contribution in [-0.4, -0.2) is 36.6 Å². The van der Waals surface area contributed by atoms with E-state index in [1.165, 1.54) is 11.1 Å². The van der Waals surface area contributed by atoms with Crippen molar-refractivity contribution in [2.75, 3.05) is 19.6 Å². The zero-order valence-corrected chi connectivity index (χ0v) is 11.7. The van der Waals surface area contributed by atoms with Crippen LogP contribution in [0.15, 0.2) is 24.3 Å². The lowest BCUT2D eigenvalue weighted by atomic mass is 10.00. The number of nitrogens with one attached hydrogen (secondary N) is 1. The molecule has 1 aromatic carbocycles. The van der Waals surface area contributed by atoms with E-state index in [1.807, 2.05) is 17.4 Å². The van der Waals surface area contributed by atoms with Gasteiger partial charge in [-0.2, -0.15) is 13.2 Å². The van der Waals surface area contributed by atoms with Crippen molar-refractivity contribution < 1.29 is 18.0 Å². The van der Waals surface area contributed by atoms with Crippen LogP contribution in [0.5, 0.6) is 0 Å². The Morgan fingerprint density at radius 1 is 1.19 bits per heavy atom. The molecule has 3 nitrogen and oxygen atoms in total. The van der Waals surface area contributed by atoms with Crippen molar-refractivity contribution >= 4 is 5.91 Å². The number of amides is 1. The van der Waals surface area contributed by atoms with Gasteiger partial charge in [0.2, 0.25) is 0 Å². The SMILES string of the molecule is O=C(NCCCCN1CCc2ccccc2C1)C(F)(F)F. The average Bonchev–Trinajstić information content (AvgIpc) is 2.45. The predicted octanol–water partition coefficient (Wildman–Crippen LogP) is 2.50. The van der Waals surface area contributed by atoms with Gasteiger partial charge < -0.3 is 5.32 Å². The molecule has 0 bridgehead atoms. The quantitative estimate of drug-likeness (QED) is 0.847. The third kappa shape index (κ3) is 4.74. The van der Waals surface area contributed by atoms with Gasteiger partial charge in [-0.25, -0.2) is 0 Å². The Kier molecular flexibility index (Phi) is 5.22. The average molecular weight is 300 g/mol. The van der Waals surface area contributed by atoms with Gasteiger partial charge in [0.1, 0.15) is 0 Å². The molecule has 116 valence electrons. The maximum absolute atomic E-state index is 12.0. The van der Waals surface area contributed by atoms with Crippen molar-refractivity contribution in [1.29, 1.82) is 0 Å². The zero-order chi connectivity index (χ0) is 15.3. The molecule has 0 saturated heterocycles. The number of benzene rings is 1. The number of carbonyl (C=O) groups excluding carboxylic acids is 1. The number of hydrogen-bond acceptors (Lipinski definition) is 2. The minimum atomic E-state index is -4.78. The lowest BCUT2D eigenvalue weighted by molar-refractivity contribution is -0.173. The van der Waals surface area contributed by atoms with Crippen LogP contribution in [-0.2, 0) is 17.8 Å². The summed E-state index contributed by atoms with van der Waals surface area (Å²) < 4.78 is 35.9. The second kappa shape index (κ2) is 6.93. The van der Waals surface area contributed by atoms with Gasteiger partial charge in [0, 0.05) is 19.6 Å². The molecule has 1 aliphatic rings. The molecule has 6 heteroatoms. The van der Waals surface area contributed by atoms with E-state index in [4.69, 9.17) is 0 Å². The monoisotopic (exact) mass is 300 g/mol. The van der Waals surface area contributed by atoms with Gasteiger partial charge in [-0.3, -0.25) is 9.69 Å². The molecule has 0 atom stereocenters. The Balaban J connectivity index is 1.64. The number of fused-ring (bicyclic) bond motifs is 1. The molecule has 0 aromatic heterocycles. The molecule has 0 aliphatic carbocycles. The van der Waals surface area contributed by atoms with E-state index in [2.05, 4.69) is 17.0 Å². The minimum absolute atomic E-state index is 0.0722. The number of halogens is 3. The fourth-order valence-electron chi connectivity index (χ4n) is 2.51. The maximum Gasteiger partial charge on any atom is 0.471 e. The molecule has 0 unspecified atom stereocenters. The van der Waals surface area contributed by atoms with Crippen LogP contribution < -0.4 is 5.32 Å². The number of unbranched alkanes of at least 4 members (excludes halogenated alkanes) is 1. The summed E-state index contributed by atoms with van der Waals surface area (Å²) >= 11 is 0. The van der Waals surface area contributed by atoms with Crippen molar-refractivity contribution in [3.63, 3.8) is 0 Å². The first kappa shape index (κ1) is 15.8. The molecule has 0 spiro atoms. The summed E-state index contributed by atoms with van der Waals surface area (Å²) in [5.41, 5.74) is 2.71. The van der Waals surface area contributed by atoms with Crippen molar-refractivity contribution in [3.05, 3.63) is 35.4 Å². The first-order valence-corrected chi connectivity index (χ1v) is 7.11. The largest absolute Gasteiger partial charge is 0.471 e. The fraction of sp³-hybridized carbons (Fsp3) is 0.533. The van der Waals surface area contributed by atoms with Gasteiger partial charge in [-0.05, 0) is 36.9 Å². The van der Waals surface area contributed by atoms with Crippen LogP contribution in [0.3, 0.4) is 0 Å². The molecule has 1 aliphatic heterocycles. The Morgan fingerprint density at radius 3 is 2.62 bits per heavy atom. The zero-order valence-electron chi connectivity index (χ0n) is 11.7. The molecule has 0 radical (unpaired) electrons. The van der Waals surface area contributed by atoms with Crippen LogP contribution in [0, 0.1) is 0 Å². The number of rotatable bonds is 5. The minimum Gasteiger partial charge on any atom is -0.348 e. The van der Waals surface area contributed by atoms with Gasteiger partial charge >= 0.3 is 12.1 Å². The summed E-state index contributed by atoms with van der Waals surface area (Å²) in [7, 11) is 0. The molecule has 1 heterocycles. The van der Waals surface area contributed by atoms with Gasteiger partial charge in [0.05, 0.1) is 0 Å². The highest BCUT2D eigenvalue weighted by atomic mass is 19.4. The molecule has 0 saturated carbocycles. The fourth-order valence-corrected chi connectivity index (χ4v) is 2.51. The molecular weight excluding hydrogens is 281 g/mol. The Bertz CT molecular complexity index is 488. The number of nitrogens with zero attached hydrogens (tertiary/aromatic N) is 1.